The number of halogens is 1. The summed E-state index contributed by atoms with van der Waals surface area (Å²) in [7, 11) is 1.87. The van der Waals surface area contributed by atoms with Gasteiger partial charge >= 0.3 is 6.03 Å². The maximum absolute atomic E-state index is 13.8. The zero-order valence-electron chi connectivity index (χ0n) is 23.5. The number of nitrogens with zero attached hydrogens (tertiary/aromatic N) is 5. The number of hydrogen-bond acceptors (Lipinski definition) is 5. The summed E-state index contributed by atoms with van der Waals surface area (Å²) in [5.74, 6) is 0.748. The van der Waals surface area contributed by atoms with Crippen LogP contribution in [-0.2, 0) is 11.8 Å². The Kier molecular flexibility index (Phi) is 10.1. The molecule has 2 amide bonds. The zero-order chi connectivity index (χ0) is 27.2. The first-order chi connectivity index (χ1) is 19.0. The predicted octanol–water partition coefficient (Wildman–Crippen LogP) is 5.40. The summed E-state index contributed by atoms with van der Waals surface area (Å²) in [5.41, 5.74) is 5.26. The van der Waals surface area contributed by atoms with E-state index in [2.05, 4.69) is 68.8 Å². The number of aryl methyl sites for hydroxylation is 3. The third kappa shape index (κ3) is 6.99. The number of aromatic nitrogens is 3. The lowest BCUT2D eigenvalue weighted by Gasteiger charge is -2.31. The van der Waals surface area contributed by atoms with Crippen molar-refractivity contribution < 1.29 is 9.53 Å². The maximum atomic E-state index is 13.8. The highest BCUT2D eigenvalue weighted by Crippen LogP contribution is 2.29. The Morgan fingerprint density at radius 1 is 1.00 bits per heavy atom. The Bertz CT molecular complexity index is 1350. The molecular formula is C31H39ClN6O2. The highest BCUT2D eigenvalue weighted by atomic mass is 35.5. The van der Waals surface area contributed by atoms with Crippen molar-refractivity contribution >= 4 is 35.3 Å². The number of nitrogens with one attached hydrogen (secondary N) is 1. The third-order valence-electron chi connectivity index (χ3n) is 7.51. The summed E-state index contributed by atoms with van der Waals surface area (Å²) in [5, 5.41) is 8.64. The van der Waals surface area contributed by atoms with Gasteiger partial charge in [-0.25, -0.2) is 14.5 Å². The molecule has 0 spiro atoms. The number of fused-ring (bicyclic) bond motifs is 1. The number of rotatable bonds is 9. The van der Waals surface area contributed by atoms with Gasteiger partial charge < -0.3 is 9.64 Å². The lowest BCUT2D eigenvalue weighted by molar-refractivity contribution is 0.0351. The fraction of sp³-hybridized carbons (Fsp3) is 0.387. The molecule has 0 aliphatic carbocycles. The highest BCUT2D eigenvalue weighted by molar-refractivity contribution is 5.99. The van der Waals surface area contributed by atoms with Crippen molar-refractivity contribution in [2.45, 2.75) is 26.2 Å². The maximum Gasteiger partial charge on any atom is 0.323 e. The lowest BCUT2D eigenvalue weighted by Crippen LogP contribution is -2.44. The second-order valence-corrected chi connectivity index (χ2v) is 10.3. The van der Waals surface area contributed by atoms with Gasteiger partial charge in [0.25, 0.3) is 0 Å². The van der Waals surface area contributed by atoms with Crippen molar-refractivity contribution in [3.63, 3.8) is 0 Å². The van der Waals surface area contributed by atoms with Gasteiger partial charge in [-0.15, -0.1) is 12.4 Å². The number of carbonyl (C=O) groups is 1. The normalized spacial score (nSPS) is 13.8. The van der Waals surface area contributed by atoms with E-state index in [-0.39, 0.29) is 24.4 Å². The van der Waals surface area contributed by atoms with Gasteiger partial charge in [0.05, 0.1) is 18.6 Å². The van der Waals surface area contributed by atoms with Crippen molar-refractivity contribution in [3.8, 4) is 0 Å². The van der Waals surface area contributed by atoms with Crippen LogP contribution in [0, 0.1) is 13.8 Å². The van der Waals surface area contributed by atoms with E-state index in [0.717, 1.165) is 61.6 Å². The quantitative estimate of drug-likeness (QED) is 0.296. The van der Waals surface area contributed by atoms with Crippen LogP contribution < -0.4 is 5.32 Å². The topological polar surface area (TPSA) is 75.5 Å². The number of pyridine rings is 1. The molecule has 0 unspecified atom stereocenters. The number of benzene rings is 2. The molecule has 3 heterocycles. The summed E-state index contributed by atoms with van der Waals surface area (Å²) in [6.07, 6.45) is 0.813. The standard InChI is InChI=1S/C31H38N6O2.ClH/c1-23-22-24(2)32-30-28(23)29(34-35(30)3)33-31(38)37(17-16-36-18-20-39-21-19-36)15-14-27(25-10-6-4-7-11-25)26-12-8-5-9-13-26;/h4-13,22,27H,14-21H2,1-3H3,(H,33,34,38);1H. The minimum absolute atomic E-state index is 0. The molecule has 4 aromatic rings. The summed E-state index contributed by atoms with van der Waals surface area (Å²) >= 11 is 0. The lowest BCUT2D eigenvalue weighted by atomic mass is 9.88. The first-order valence-corrected chi connectivity index (χ1v) is 13.8. The number of morpholine rings is 1. The summed E-state index contributed by atoms with van der Waals surface area (Å²) in [6, 6.07) is 23.0. The number of carbonyl (C=O) groups excluding carboxylic acids is 1. The molecule has 40 heavy (non-hydrogen) atoms. The first kappa shape index (κ1) is 29.5. The van der Waals surface area contributed by atoms with E-state index in [4.69, 9.17) is 4.74 Å². The molecule has 1 N–H and O–H groups in total. The smallest absolute Gasteiger partial charge is 0.323 e. The monoisotopic (exact) mass is 562 g/mol. The Labute approximate surface area is 242 Å². The molecule has 9 heteroatoms. The SMILES string of the molecule is Cc1cc(C)c2c(NC(=O)N(CCC(c3ccccc3)c3ccccc3)CCN3CCOCC3)nn(C)c2n1.Cl. The van der Waals surface area contributed by atoms with Crippen molar-refractivity contribution in [1.82, 2.24) is 24.6 Å². The van der Waals surface area contributed by atoms with Gasteiger partial charge in [-0.2, -0.15) is 5.10 Å². The van der Waals surface area contributed by atoms with Crippen molar-refractivity contribution in [3.05, 3.63) is 89.1 Å². The van der Waals surface area contributed by atoms with Crippen LogP contribution in [0.1, 0.15) is 34.7 Å². The van der Waals surface area contributed by atoms with Crippen LogP contribution in [-0.4, -0.2) is 76.5 Å². The molecule has 1 aliphatic heterocycles. The average molecular weight is 563 g/mol. The van der Waals surface area contributed by atoms with E-state index in [1.165, 1.54) is 11.1 Å². The molecule has 1 aliphatic rings. The van der Waals surface area contributed by atoms with Crippen molar-refractivity contribution in [2.24, 2.45) is 7.05 Å². The van der Waals surface area contributed by atoms with Crippen LogP contribution in [0.5, 0.6) is 0 Å². The number of urea groups is 1. The molecule has 1 fully saturated rings. The molecule has 0 bridgehead atoms. The zero-order valence-corrected chi connectivity index (χ0v) is 24.4. The Morgan fingerprint density at radius 2 is 1.62 bits per heavy atom. The van der Waals surface area contributed by atoms with Crippen LogP contribution in [0.15, 0.2) is 66.7 Å². The average Bonchev–Trinajstić information content (AvgIpc) is 3.26. The molecule has 1 saturated heterocycles. The van der Waals surface area contributed by atoms with Crippen LogP contribution >= 0.6 is 12.4 Å². The van der Waals surface area contributed by atoms with Gasteiger partial charge in [0.2, 0.25) is 0 Å². The van der Waals surface area contributed by atoms with Crippen molar-refractivity contribution in [2.75, 3.05) is 51.3 Å². The van der Waals surface area contributed by atoms with Crippen molar-refractivity contribution in [1.29, 1.82) is 0 Å². The van der Waals surface area contributed by atoms with Gasteiger partial charge in [-0.05, 0) is 43.0 Å². The van der Waals surface area contributed by atoms with Crippen LogP contribution in [0.2, 0.25) is 0 Å². The first-order valence-electron chi connectivity index (χ1n) is 13.8. The van der Waals surface area contributed by atoms with E-state index >= 15 is 0 Å². The van der Waals surface area contributed by atoms with Gasteiger partial charge in [0.1, 0.15) is 0 Å². The third-order valence-corrected chi connectivity index (χ3v) is 7.51. The molecule has 212 valence electrons. The second-order valence-electron chi connectivity index (χ2n) is 10.3. The molecule has 5 rings (SSSR count). The number of ether oxygens (including phenoxy) is 1. The van der Waals surface area contributed by atoms with E-state index in [1.54, 1.807) is 4.68 Å². The summed E-state index contributed by atoms with van der Waals surface area (Å²) in [6.45, 7) is 9.32. The van der Waals surface area contributed by atoms with Crippen LogP contribution in [0.4, 0.5) is 10.6 Å². The Morgan fingerprint density at radius 3 is 2.25 bits per heavy atom. The molecular weight excluding hydrogens is 524 g/mol. The number of anilines is 1. The molecule has 0 atom stereocenters. The van der Waals surface area contributed by atoms with Gasteiger partial charge in [-0.1, -0.05) is 60.7 Å². The number of hydrogen-bond donors (Lipinski definition) is 1. The molecule has 0 radical (unpaired) electrons. The van der Waals surface area contributed by atoms with E-state index in [0.29, 0.717) is 18.9 Å². The molecule has 0 saturated carbocycles. The minimum atomic E-state index is -0.136. The fourth-order valence-electron chi connectivity index (χ4n) is 5.44. The minimum Gasteiger partial charge on any atom is -0.379 e. The Balaban J connectivity index is 0.00000370. The predicted molar refractivity (Wildman–Crippen MR) is 162 cm³/mol. The van der Waals surface area contributed by atoms with Gasteiger partial charge in [0, 0.05) is 51.4 Å². The highest BCUT2D eigenvalue weighted by Gasteiger charge is 2.23. The molecule has 8 nitrogen and oxygen atoms in total. The van der Waals surface area contributed by atoms with E-state index in [9.17, 15) is 4.79 Å². The largest absolute Gasteiger partial charge is 0.379 e. The van der Waals surface area contributed by atoms with Crippen LogP contribution in [0.25, 0.3) is 11.0 Å². The van der Waals surface area contributed by atoms with E-state index < -0.39 is 0 Å². The Hall–Kier alpha value is -3.46. The van der Waals surface area contributed by atoms with Crippen LogP contribution in [0.3, 0.4) is 0 Å². The summed E-state index contributed by atoms with van der Waals surface area (Å²) in [4.78, 5) is 22.8. The van der Waals surface area contributed by atoms with Gasteiger partial charge in [0.15, 0.2) is 11.5 Å². The fourth-order valence-corrected chi connectivity index (χ4v) is 5.44. The molecule has 2 aromatic carbocycles. The van der Waals surface area contributed by atoms with Gasteiger partial charge in [-0.3, -0.25) is 10.2 Å². The number of amides is 2. The van der Waals surface area contributed by atoms with E-state index in [1.807, 2.05) is 44.0 Å². The molecule has 2 aromatic heterocycles. The summed E-state index contributed by atoms with van der Waals surface area (Å²) < 4.78 is 7.26. The second kappa shape index (κ2) is 13.7.